The van der Waals surface area contributed by atoms with Crippen molar-refractivity contribution in [3.63, 3.8) is 0 Å². The Hall–Kier alpha value is -2.53. The summed E-state index contributed by atoms with van der Waals surface area (Å²) in [6.45, 7) is 2.80. The SMILES string of the molecule is CCOC(=O)c1ccc(NC(=O)N2CCCC2c2ccc(Cl)cc2)cc1. The van der Waals surface area contributed by atoms with Gasteiger partial charge in [-0.15, -0.1) is 0 Å². The number of carbonyl (C=O) groups excluding carboxylic acids is 2. The second-order valence-electron chi connectivity index (χ2n) is 6.13. The number of likely N-dealkylation sites (tertiary alicyclic amines) is 1. The monoisotopic (exact) mass is 372 g/mol. The molecule has 2 aromatic rings. The number of benzene rings is 2. The van der Waals surface area contributed by atoms with Gasteiger partial charge in [-0.3, -0.25) is 0 Å². The molecule has 0 bridgehead atoms. The van der Waals surface area contributed by atoms with Crippen LogP contribution in [0, 0.1) is 0 Å². The molecule has 0 radical (unpaired) electrons. The number of rotatable bonds is 4. The zero-order chi connectivity index (χ0) is 18.5. The standard InChI is InChI=1S/C20H21ClN2O3/c1-2-26-19(24)15-7-11-17(12-8-15)22-20(25)23-13-3-4-18(23)14-5-9-16(21)10-6-14/h5-12,18H,2-4,13H2,1H3,(H,22,25). The predicted octanol–water partition coefficient (Wildman–Crippen LogP) is 4.89. The predicted molar refractivity (Wildman–Crippen MR) is 102 cm³/mol. The van der Waals surface area contributed by atoms with E-state index >= 15 is 0 Å². The van der Waals surface area contributed by atoms with Crippen molar-refractivity contribution in [1.29, 1.82) is 0 Å². The number of carbonyl (C=O) groups is 2. The lowest BCUT2D eigenvalue weighted by atomic mass is 10.1. The summed E-state index contributed by atoms with van der Waals surface area (Å²) in [7, 11) is 0. The van der Waals surface area contributed by atoms with Crippen LogP contribution in [0.5, 0.6) is 0 Å². The van der Waals surface area contributed by atoms with Gasteiger partial charge in [-0.05, 0) is 61.7 Å². The lowest BCUT2D eigenvalue weighted by Gasteiger charge is -2.25. The number of urea groups is 1. The van der Waals surface area contributed by atoms with Crippen LogP contribution < -0.4 is 5.32 Å². The molecule has 2 amide bonds. The highest BCUT2D eigenvalue weighted by atomic mass is 35.5. The molecular weight excluding hydrogens is 352 g/mol. The molecule has 6 heteroatoms. The van der Waals surface area contributed by atoms with Gasteiger partial charge in [-0.2, -0.15) is 0 Å². The summed E-state index contributed by atoms with van der Waals surface area (Å²) in [6, 6.07) is 14.2. The number of nitrogens with one attached hydrogen (secondary N) is 1. The molecule has 0 aliphatic carbocycles. The molecule has 0 aromatic heterocycles. The van der Waals surface area contributed by atoms with E-state index in [0.29, 0.717) is 29.4 Å². The molecule has 0 spiro atoms. The Morgan fingerprint density at radius 1 is 1.15 bits per heavy atom. The van der Waals surface area contributed by atoms with Gasteiger partial charge < -0.3 is 15.0 Å². The first-order valence-corrected chi connectivity index (χ1v) is 9.06. The minimum Gasteiger partial charge on any atom is -0.462 e. The molecule has 1 saturated heterocycles. The van der Waals surface area contributed by atoms with E-state index in [2.05, 4.69) is 5.32 Å². The number of ether oxygens (including phenoxy) is 1. The number of amides is 2. The van der Waals surface area contributed by atoms with Crippen molar-refractivity contribution in [2.45, 2.75) is 25.8 Å². The molecule has 1 heterocycles. The van der Waals surface area contributed by atoms with Crippen molar-refractivity contribution >= 4 is 29.3 Å². The molecule has 1 aliphatic rings. The maximum Gasteiger partial charge on any atom is 0.338 e. The van der Waals surface area contributed by atoms with E-state index in [-0.39, 0.29) is 18.0 Å². The van der Waals surface area contributed by atoms with Crippen LogP contribution in [0.3, 0.4) is 0 Å². The van der Waals surface area contributed by atoms with E-state index in [1.165, 1.54) is 0 Å². The van der Waals surface area contributed by atoms with Crippen molar-refractivity contribution in [1.82, 2.24) is 4.90 Å². The van der Waals surface area contributed by atoms with Gasteiger partial charge >= 0.3 is 12.0 Å². The maximum atomic E-state index is 12.7. The number of hydrogen-bond donors (Lipinski definition) is 1. The van der Waals surface area contributed by atoms with Crippen LogP contribution in [0.2, 0.25) is 5.02 Å². The minimum absolute atomic E-state index is 0.0473. The van der Waals surface area contributed by atoms with Crippen LogP contribution in [0.1, 0.15) is 41.7 Å². The lowest BCUT2D eigenvalue weighted by Crippen LogP contribution is -2.34. The first-order valence-electron chi connectivity index (χ1n) is 8.68. The number of halogens is 1. The van der Waals surface area contributed by atoms with Gasteiger partial charge in [0.1, 0.15) is 0 Å². The number of anilines is 1. The number of esters is 1. The summed E-state index contributed by atoms with van der Waals surface area (Å²) in [6.07, 6.45) is 1.89. The molecule has 1 unspecified atom stereocenters. The van der Waals surface area contributed by atoms with Gasteiger partial charge in [0.25, 0.3) is 0 Å². The number of nitrogens with zero attached hydrogens (tertiary/aromatic N) is 1. The number of hydrogen-bond acceptors (Lipinski definition) is 3. The molecule has 0 saturated carbocycles. The molecule has 1 fully saturated rings. The highest BCUT2D eigenvalue weighted by Gasteiger charge is 2.30. The molecular formula is C20H21ClN2O3. The van der Waals surface area contributed by atoms with Gasteiger partial charge in [0.2, 0.25) is 0 Å². The Morgan fingerprint density at radius 2 is 1.85 bits per heavy atom. The van der Waals surface area contributed by atoms with Crippen LogP contribution in [0.4, 0.5) is 10.5 Å². The van der Waals surface area contributed by atoms with Gasteiger partial charge in [0.15, 0.2) is 0 Å². The minimum atomic E-state index is -0.368. The normalized spacial score (nSPS) is 16.4. The van der Waals surface area contributed by atoms with E-state index in [9.17, 15) is 9.59 Å². The zero-order valence-corrected chi connectivity index (χ0v) is 15.3. The maximum absolute atomic E-state index is 12.7. The van der Waals surface area contributed by atoms with Gasteiger partial charge in [-0.25, -0.2) is 9.59 Å². The summed E-state index contributed by atoms with van der Waals surface area (Å²) in [5.74, 6) is -0.368. The summed E-state index contributed by atoms with van der Waals surface area (Å²) in [5, 5.41) is 3.59. The van der Waals surface area contributed by atoms with E-state index in [0.717, 1.165) is 18.4 Å². The second kappa shape index (κ2) is 8.23. The molecule has 2 aromatic carbocycles. The van der Waals surface area contributed by atoms with E-state index in [1.807, 2.05) is 29.2 Å². The Balaban J connectivity index is 1.67. The van der Waals surface area contributed by atoms with Gasteiger partial charge in [-0.1, -0.05) is 23.7 Å². The van der Waals surface area contributed by atoms with Gasteiger partial charge in [0.05, 0.1) is 18.2 Å². The van der Waals surface area contributed by atoms with E-state index in [1.54, 1.807) is 31.2 Å². The van der Waals surface area contributed by atoms with Crippen LogP contribution in [0.15, 0.2) is 48.5 Å². The van der Waals surface area contributed by atoms with Crippen LogP contribution in [-0.2, 0) is 4.74 Å². The largest absolute Gasteiger partial charge is 0.462 e. The average molecular weight is 373 g/mol. The second-order valence-corrected chi connectivity index (χ2v) is 6.57. The Kier molecular flexibility index (Phi) is 5.78. The third kappa shape index (κ3) is 4.17. The summed E-state index contributed by atoms with van der Waals surface area (Å²) in [4.78, 5) is 26.2. The third-order valence-corrected chi connectivity index (χ3v) is 4.67. The molecule has 136 valence electrons. The van der Waals surface area contributed by atoms with Crippen molar-refractivity contribution < 1.29 is 14.3 Å². The fourth-order valence-electron chi connectivity index (χ4n) is 3.14. The lowest BCUT2D eigenvalue weighted by molar-refractivity contribution is 0.0526. The highest BCUT2D eigenvalue weighted by Crippen LogP contribution is 2.33. The molecule has 5 nitrogen and oxygen atoms in total. The van der Waals surface area contributed by atoms with Gasteiger partial charge in [0, 0.05) is 17.3 Å². The molecule has 3 rings (SSSR count). The van der Waals surface area contributed by atoms with Crippen molar-refractivity contribution in [3.8, 4) is 0 Å². The quantitative estimate of drug-likeness (QED) is 0.777. The first kappa shape index (κ1) is 18.3. The topological polar surface area (TPSA) is 58.6 Å². The fourth-order valence-corrected chi connectivity index (χ4v) is 3.27. The Morgan fingerprint density at radius 3 is 2.50 bits per heavy atom. The van der Waals surface area contributed by atoms with E-state index < -0.39 is 0 Å². The molecule has 1 atom stereocenters. The molecule has 1 aliphatic heterocycles. The fraction of sp³-hybridized carbons (Fsp3) is 0.300. The van der Waals surface area contributed by atoms with Crippen LogP contribution >= 0.6 is 11.6 Å². The smallest absolute Gasteiger partial charge is 0.338 e. The Labute approximate surface area is 157 Å². The third-order valence-electron chi connectivity index (χ3n) is 4.42. The summed E-state index contributed by atoms with van der Waals surface area (Å²) in [5.41, 5.74) is 2.19. The van der Waals surface area contributed by atoms with Crippen LogP contribution in [-0.4, -0.2) is 30.1 Å². The van der Waals surface area contributed by atoms with E-state index in [4.69, 9.17) is 16.3 Å². The first-order chi connectivity index (χ1) is 12.6. The molecule has 26 heavy (non-hydrogen) atoms. The van der Waals surface area contributed by atoms with Crippen LogP contribution in [0.25, 0.3) is 0 Å². The van der Waals surface area contributed by atoms with Crippen molar-refractivity contribution in [2.24, 2.45) is 0 Å². The summed E-state index contributed by atoms with van der Waals surface area (Å²) < 4.78 is 4.96. The molecule has 1 N–H and O–H groups in total. The zero-order valence-electron chi connectivity index (χ0n) is 14.6. The highest BCUT2D eigenvalue weighted by molar-refractivity contribution is 6.30. The average Bonchev–Trinajstić information content (AvgIpc) is 3.13. The Bertz CT molecular complexity index is 775. The van der Waals surface area contributed by atoms with Crippen molar-refractivity contribution in [3.05, 3.63) is 64.7 Å². The summed E-state index contributed by atoms with van der Waals surface area (Å²) >= 11 is 5.95. The van der Waals surface area contributed by atoms with Crippen molar-refractivity contribution in [2.75, 3.05) is 18.5 Å².